The van der Waals surface area contributed by atoms with Crippen molar-refractivity contribution in [2.75, 3.05) is 18.3 Å². The summed E-state index contributed by atoms with van der Waals surface area (Å²) in [6, 6.07) is 1.40. The third-order valence-corrected chi connectivity index (χ3v) is 4.63. The van der Waals surface area contributed by atoms with E-state index in [4.69, 9.17) is 10.8 Å². The van der Waals surface area contributed by atoms with E-state index >= 15 is 0 Å². The number of carboxylic acids is 1. The van der Waals surface area contributed by atoms with Crippen LogP contribution in [0.25, 0.3) is 0 Å². The van der Waals surface area contributed by atoms with E-state index in [9.17, 15) is 18.0 Å². The Hall–Kier alpha value is -1.65. The summed E-state index contributed by atoms with van der Waals surface area (Å²) in [4.78, 5) is 21.4. The maximum absolute atomic E-state index is 11.9. The molecule has 19 heavy (non-hydrogen) atoms. The molecule has 0 unspecified atom stereocenters. The molecule has 0 radical (unpaired) electrons. The van der Waals surface area contributed by atoms with Gasteiger partial charge in [0.25, 0.3) is 5.91 Å². The predicted molar refractivity (Wildman–Crippen MR) is 70.3 cm³/mol. The van der Waals surface area contributed by atoms with Crippen molar-refractivity contribution in [3.8, 4) is 0 Å². The molecule has 0 fully saturated rings. The summed E-state index contributed by atoms with van der Waals surface area (Å²) >= 11 is 1.01. The summed E-state index contributed by atoms with van der Waals surface area (Å²) in [7, 11) is -2.67. The zero-order valence-electron chi connectivity index (χ0n) is 9.99. The minimum Gasteiger partial charge on any atom is -0.481 e. The summed E-state index contributed by atoms with van der Waals surface area (Å²) in [6.07, 6.45) is -0.315. The lowest BCUT2D eigenvalue weighted by molar-refractivity contribution is -0.137. The summed E-state index contributed by atoms with van der Waals surface area (Å²) in [6.45, 7) is -0.179. The summed E-state index contributed by atoms with van der Waals surface area (Å²) in [5.41, 5.74) is 5.16. The third kappa shape index (κ3) is 4.19. The molecule has 1 heterocycles. The van der Waals surface area contributed by atoms with Gasteiger partial charge in [0.05, 0.1) is 12.0 Å². The number of nitrogens with zero attached hydrogens (tertiary/aromatic N) is 1. The topological polar surface area (TPSA) is 130 Å². The van der Waals surface area contributed by atoms with Crippen LogP contribution in [0, 0.1) is 0 Å². The molecule has 8 nitrogen and oxygen atoms in total. The lowest BCUT2D eigenvalue weighted by Gasteiger charge is -2.17. The molecular formula is C9H13N3O5S2. The van der Waals surface area contributed by atoms with Crippen molar-refractivity contribution in [2.24, 2.45) is 5.73 Å². The van der Waals surface area contributed by atoms with Crippen molar-refractivity contribution >= 4 is 38.4 Å². The minimum atomic E-state index is -3.91. The average Bonchev–Trinajstić information content (AvgIpc) is 2.72. The van der Waals surface area contributed by atoms with Gasteiger partial charge >= 0.3 is 16.2 Å². The fraction of sp³-hybridized carbons (Fsp3) is 0.333. The molecule has 0 spiro atoms. The Morgan fingerprint density at radius 3 is 2.68 bits per heavy atom. The predicted octanol–water partition coefficient (Wildman–Crippen LogP) is -0.0898. The number of amides is 1. The molecule has 0 atom stereocenters. The number of nitrogens with two attached hydrogens (primary N) is 1. The molecule has 0 aromatic carbocycles. The van der Waals surface area contributed by atoms with Crippen molar-refractivity contribution in [3.05, 3.63) is 17.0 Å². The lowest BCUT2D eigenvalue weighted by atomic mass is 10.3. The molecule has 0 saturated heterocycles. The Balaban J connectivity index is 2.81. The standard InChI is InChI=1S/C9H13N3O5S2/c1-12(4-2-7(13)14)19(16,17)11-9-6(8(10)15)3-5-18-9/h3,5,11H,2,4H2,1H3,(H2,10,15)(H,13,14). The van der Waals surface area contributed by atoms with Gasteiger partial charge in [0.1, 0.15) is 5.00 Å². The van der Waals surface area contributed by atoms with Crippen molar-refractivity contribution in [3.63, 3.8) is 0 Å². The van der Waals surface area contributed by atoms with Crippen LogP contribution in [0.4, 0.5) is 5.00 Å². The first kappa shape index (κ1) is 15.4. The number of hydrogen-bond acceptors (Lipinski definition) is 5. The van der Waals surface area contributed by atoms with Gasteiger partial charge in [0.2, 0.25) is 0 Å². The highest BCUT2D eigenvalue weighted by Crippen LogP contribution is 2.24. The van der Waals surface area contributed by atoms with Crippen LogP contribution in [0.15, 0.2) is 11.4 Å². The zero-order valence-corrected chi connectivity index (χ0v) is 11.6. The SMILES string of the molecule is CN(CCC(=O)O)S(=O)(=O)Nc1sccc1C(N)=O. The number of carboxylic acid groups (broad SMARTS) is 1. The van der Waals surface area contributed by atoms with Crippen LogP contribution in [0.3, 0.4) is 0 Å². The second-order valence-corrected chi connectivity index (χ2v) is 6.29. The number of primary amides is 1. The second-order valence-electron chi connectivity index (χ2n) is 3.60. The van der Waals surface area contributed by atoms with Gasteiger partial charge in [-0.15, -0.1) is 11.3 Å². The van der Waals surface area contributed by atoms with Gasteiger partial charge < -0.3 is 10.8 Å². The van der Waals surface area contributed by atoms with E-state index in [1.165, 1.54) is 18.5 Å². The van der Waals surface area contributed by atoms with E-state index in [2.05, 4.69) is 4.72 Å². The number of hydrogen-bond donors (Lipinski definition) is 3. The van der Waals surface area contributed by atoms with Gasteiger partial charge in [-0.1, -0.05) is 0 Å². The molecule has 0 aliphatic rings. The quantitative estimate of drug-likeness (QED) is 0.648. The van der Waals surface area contributed by atoms with E-state index in [0.717, 1.165) is 15.6 Å². The Morgan fingerprint density at radius 2 is 2.16 bits per heavy atom. The first-order valence-electron chi connectivity index (χ1n) is 5.07. The molecule has 1 aromatic heterocycles. The molecule has 10 heteroatoms. The molecule has 1 rings (SSSR count). The van der Waals surface area contributed by atoms with Crippen molar-refractivity contribution in [1.82, 2.24) is 4.31 Å². The van der Waals surface area contributed by atoms with Crippen molar-refractivity contribution in [2.45, 2.75) is 6.42 Å². The maximum Gasteiger partial charge on any atom is 0.304 e. The molecule has 0 saturated carbocycles. The van der Waals surface area contributed by atoms with Gasteiger partial charge in [0, 0.05) is 13.6 Å². The van der Waals surface area contributed by atoms with Crippen LogP contribution in [-0.2, 0) is 15.0 Å². The maximum atomic E-state index is 11.9. The Bertz CT molecular complexity index is 580. The Morgan fingerprint density at radius 1 is 1.53 bits per heavy atom. The number of carbonyl (C=O) groups is 2. The molecule has 106 valence electrons. The Labute approximate surface area is 114 Å². The number of nitrogens with one attached hydrogen (secondary N) is 1. The highest BCUT2D eigenvalue weighted by molar-refractivity contribution is 7.90. The van der Waals surface area contributed by atoms with E-state index in [1.54, 1.807) is 0 Å². The number of anilines is 1. The summed E-state index contributed by atoms with van der Waals surface area (Å²) in [5, 5.41) is 10.1. The van der Waals surface area contributed by atoms with E-state index in [-0.39, 0.29) is 23.5 Å². The van der Waals surface area contributed by atoms with Gasteiger partial charge in [-0.05, 0) is 11.4 Å². The normalized spacial score (nSPS) is 11.5. The van der Waals surface area contributed by atoms with Crippen LogP contribution < -0.4 is 10.5 Å². The number of aliphatic carboxylic acids is 1. The highest BCUT2D eigenvalue weighted by atomic mass is 32.2. The third-order valence-electron chi connectivity index (χ3n) is 2.20. The van der Waals surface area contributed by atoms with Gasteiger partial charge in [0.15, 0.2) is 0 Å². The molecule has 0 aliphatic carbocycles. The minimum absolute atomic E-state index is 0.0696. The molecule has 0 bridgehead atoms. The molecule has 1 amide bonds. The fourth-order valence-electron chi connectivity index (χ4n) is 1.15. The van der Waals surface area contributed by atoms with Crippen molar-refractivity contribution < 1.29 is 23.1 Å². The smallest absolute Gasteiger partial charge is 0.304 e. The van der Waals surface area contributed by atoms with E-state index in [1.807, 2.05) is 0 Å². The molecule has 1 aromatic rings. The fourth-order valence-corrected chi connectivity index (χ4v) is 3.13. The van der Waals surface area contributed by atoms with Crippen LogP contribution in [0.5, 0.6) is 0 Å². The molecule has 0 aliphatic heterocycles. The number of thiophene rings is 1. The zero-order chi connectivity index (χ0) is 14.6. The number of carbonyl (C=O) groups excluding carboxylic acids is 1. The first-order valence-corrected chi connectivity index (χ1v) is 7.39. The van der Waals surface area contributed by atoms with Crippen molar-refractivity contribution in [1.29, 1.82) is 0 Å². The monoisotopic (exact) mass is 307 g/mol. The lowest BCUT2D eigenvalue weighted by Crippen LogP contribution is -2.34. The molecule has 4 N–H and O–H groups in total. The molecular weight excluding hydrogens is 294 g/mol. The van der Waals surface area contributed by atoms with Crippen LogP contribution in [0.1, 0.15) is 16.8 Å². The first-order chi connectivity index (χ1) is 8.74. The van der Waals surface area contributed by atoms with Crippen LogP contribution >= 0.6 is 11.3 Å². The van der Waals surface area contributed by atoms with Crippen LogP contribution in [0.2, 0.25) is 0 Å². The summed E-state index contributed by atoms with van der Waals surface area (Å²) < 4.78 is 26.8. The summed E-state index contributed by atoms with van der Waals surface area (Å²) in [5.74, 6) is -1.84. The van der Waals surface area contributed by atoms with Gasteiger partial charge in [-0.2, -0.15) is 12.7 Å². The average molecular weight is 307 g/mol. The van der Waals surface area contributed by atoms with E-state index in [0.29, 0.717) is 0 Å². The van der Waals surface area contributed by atoms with Gasteiger partial charge in [-0.25, -0.2) is 0 Å². The highest BCUT2D eigenvalue weighted by Gasteiger charge is 2.21. The number of rotatable bonds is 7. The largest absolute Gasteiger partial charge is 0.481 e. The second kappa shape index (κ2) is 5.99. The van der Waals surface area contributed by atoms with E-state index < -0.39 is 22.1 Å². The Kier molecular flexibility index (Phi) is 4.86. The van der Waals surface area contributed by atoms with Crippen LogP contribution in [-0.4, -0.2) is 43.3 Å². The van der Waals surface area contributed by atoms with Gasteiger partial charge in [-0.3, -0.25) is 14.3 Å².